The summed E-state index contributed by atoms with van der Waals surface area (Å²) < 4.78 is 2.71. The van der Waals surface area contributed by atoms with Gasteiger partial charge in [-0.1, -0.05) is 33.6 Å². The summed E-state index contributed by atoms with van der Waals surface area (Å²) in [6.45, 7) is 0. The Bertz CT molecular complexity index is 527. The van der Waals surface area contributed by atoms with E-state index in [9.17, 15) is 5.11 Å². The molecule has 0 aliphatic rings. The lowest BCUT2D eigenvalue weighted by atomic mass is 10.1. The monoisotopic (exact) mass is 314 g/mol. The Hall–Kier alpha value is -0.840. The minimum absolute atomic E-state index is 0.476. The van der Waals surface area contributed by atoms with Crippen molar-refractivity contribution in [1.82, 2.24) is 9.55 Å². The third-order valence-electron chi connectivity index (χ3n) is 2.62. The fourth-order valence-corrected chi connectivity index (χ4v) is 2.59. The van der Waals surface area contributed by atoms with Crippen LogP contribution in [-0.2, 0) is 13.5 Å². The number of halogens is 2. The Balaban J connectivity index is 2.20. The molecule has 1 unspecified atom stereocenters. The van der Waals surface area contributed by atoms with Gasteiger partial charge in [0.2, 0.25) is 0 Å². The number of aromatic nitrogens is 2. The van der Waals surface area contributed by atoms with Crippen LogP contribution in [0.4, 0.5) is 0 Å². The normalized spacial score (nSPS) is 12.7. The molecule has 1 atom stereocenters. The third-order valence-corrected chi connectivity index (χ3v) is 3.54. The van der Waals surface area contributed by atoms with Crippen molar-refractivity contribution in [1.29, 1.82) is 0 Å². The van der Waals surface area contributed by atoms with Gasteiger partial charge in [0.05, 0.1) is 6.10 Å². The summed E-state index contributed by atoms with van der Waals surface area (Å²) >= 11 is 9.26. The standard InChI is InChI=1S/C12H12BrClN2O/c1-16-5-4-15-12(16)7-11(17)9-3-2-8(14)6-10(9)13/h2-6,11,17H,7H2,1H3. The van der Waals surface area contributed by atoms with Gasteiger partial charge in [0.1, 0.15) is 5.82 Å². The lowest BCUT2D eigenvalue weighted by molar-refractivity contribution is 0.174. The molecule has 5 heteroatoms. The Morgan fingerprint density at radius 1 is 1.53 bits per heavy atom. The number of imidazole rings is 1. The van der Waals surface area contributed by atoms with Gasteiger partial charge in [-0.2, -0.15) is 0 Å². The van der Waals surface area contributed by atoms with Crippen molar-refractivity contribution in [3.05, 3.63) is 51.5 Å². The summed E-state index contributed by atoms with van der Waals surface area (Å²) in [5.74, 6) is 0.847. The molecule has 1 aromatic carbocycles. The SMILES string of the molecule is Cn1ccnc1CC(O)c1ccc(Cl)cc1Br. The Kier molecular flexibility index (Phi) is 3.86. The molecule has 2 rings (SSSR count). The number of aryl methyl sites for hydroxylation is 1. The van der Waals surface area contributed by atoms with Gasteiger partial charge in [0, 0.05) is 35.4 Å². The van der Waals surface area contributed by atoms with Gasteiger partial charge in [-0.05, 0) is 17.7 Å². The van der Waals surface area contributed by atoms with Crippen molar-refractivity contribution in [2.75, 3.05) is 0 Å². The second-order valence-electron chi connectivity index (χ2n) is 3.84. The summed E-state index contributed by atoms with van der Waals surface area (Å²) in [7, 11) is 1.91. The molecule has 1 heterocycles. The molecule has 0 amide bonds. The molecule has 0 bridgehead atoms. The summed E-state index contributed by atoms with van der Waals surface area (Å²) in [5, 5.41) is 10.8. The van der Waals surface area contributed by atoms with Crippen LogP contribution in [0.3, 0.4) is 0 Å². The predicted molar refractivity (Wildman–Crippen MR) is 71.0 cm³/mol. The van der Waals surface area contributed by atoms with Crippen LogP contribution in [0, 0.1) is 0 Å². The van der Waals surface area contributed by atoms with Crippen LogP contribution in [0.5, 0.6) is 0 Å². The van der Waals surface area contributed by atoms with E-state index in [2.05, 4.69) is 20.9 Å². The molecule has 90 valence electrons. The predicted octanol–water partition coefficient (Wildman–Crippen LogP) is 3.11. The number of rotatable bonds is 3. The summed E-state index contributed by atoms with van der Waals surface area (Å²) in [6.07, 6.45) is 3.46. The number of aliphatic hydroxyl groups excluding tert-OH is 1. The summed E-state index contributed by atoms with van der Waals surface area (Å²) in [4.78, 5) is 4.19. The van der Waals surface area contributed by atoms with Crippen molar-refractivity contribution >= 4 is 27.5 Å². The van der Waals surface area contributed by atoms with E-state index in [0.717, 1.165) is 15.9 Å². The lowest BCUT2D eigenvalue weighted by Crippen LogP contribution is -2.07. The first-order chi connectivity index (χ1) is 8.08. The van der Waals surface area contributed by atoms with Crippen LogP contribution in [0.25, 0.3) is 0 Å². The minimum Gasteiger partial charge on any atom is -0.388 e. The molecule has 0 aliphatic heterocycles. The molecule has 0 saturated carbocycles. The fourth-order valence-electron chi connectivity index (χ4n) is 1.65. The quantitative estimate of drug-likeness (QED) is 0.945. The number of hydrogen-bond acceptors (Lipinski definition) is 2. The van der Waals surface area contributed by atoms with Crippen molar-refractivity contribution in [2.24, 2.45) is 7.05 Å². The molecule has 1 aromatic heterocycles. The van der Waals surface area contributed by atoms with Crippen LogP contribution in [0.2, 0.25) is 5.02 Å². The van der Waals surface area contributed by atoms with E-state index in [-0.39, 0.29) is 0 Å². The molecule has 0 fully saturated rings. The Labute approximate surface area is 113 Å². The van der Waals surface area contributed by atoms with Gasteiger partial charge in [0.15, 0.2) is 0 Å². The maximum absolute atomic E-state index is 10.2. The zero-order chi connectivity index (χ0) is 12.4. The third kappa shape index (κ3) is 2.89. The van der Waals surface area contributed by atoms with Crippen LogP contribution in [0.1, 0.15) is 17.5 Å². The van der Waals surface area contributed by atoms with Crippen molar-refractivity contribution in [3.8, 4) is 0 Å². The van der Waals surface area contributed by atoms with Gasteiger partial charge in [-0.3, -0.25) is 0 Å². The van der Waals surface area contributed by atoms with E-state index >= 15 is 0 Å². The first kappa shape index (κ1) is 12.6. The van der Waals surface area contributed by atoms with E-state index in [0.29, 0.717) is 11.4 Å². The van der Waals surface area contributed by atoms with Crippen LogP contribution >= 0.6 is 27.5 Å². The fraction of sp³-hybridized carbons (Fsp3) is 0.250. The number of hydrogen-bond donors (Lipinski definition) is 1. The smallest absolute Gasteiger partial charge is 0.111 e. The van der Waals surface area contributed by atoms with Crippen molar-refractivity contribution < 1.29 is 5.11 Å². The summed E-state index contributed by atoms with van der Waals surface area (Å²) in [5.41, 5.74) is 0.817. The van der Waals surface area contributed by atoms with Crippen LogP contribution < -0.4 is 0 Å². The number of aliphatic hydroxyl groups is 1. The lowest BCUT2D eigenvalue weighted by Gasteiger charge is -2.13. The molecular formula is C12H12BrClN2O. The van der Waals surface area contributed by atoms with Crippen molar-refractivity contribution in [2.45, 2.75) is 12.5 Å². The highest BCUT2D eigenvalue weighted by Crippen LogP contribution is 2.28. The molecule has 1 N–H and O–H groups in total. The second-order valence-corrected chi connectivity index (χ2v) is 5.13. The average molecular weight is 316 g/mol. The Morgan fingerprint density at radius 2 is 2.29 bits per heavy atom. The molecular weight excluding hydrogens is 304 g/mol. The summed E-state index contributed by atoms with van der Waals surface area (Å²) in [6, 6.07) is 5.36. The van der Waals surface area contributed by atoms with E-state index in [4.69, 9.17) is 11.6 Å². The molecule has 17 heavy (non-hydrogen) atoms. The molecule has 0 aliphatic carbocycles. The van der Waals surface area contributed by atoms with Crippen LogP contribution in [0.15, 0.2) is 35.1 Å². The highest BCUT2D eigenvalue weighted by atomic mass is 79.9. The number of benzene rings is 1. The highest BCUT2D eigenvalue weighted by molar-refractivity contribution is 9.10. The van der Waals surface area contributed by atoms with E-state index in [1.807, 2.05) is 23.9 Å². The van der Waals surface area contributed by atoms with E-state index in [1.54, 1.807) is 18.3 Å². The highest BCUT2D eigenvalue weighted by Gasteiger charge is 2.14. The van der Waals surface area contributed by atoms with Gasteiger partial charge in [-0.15, -0.1) is 0 Å². The van der Waals surface area contributed by atoms with Gasteiger partial charge in [-0.25, -0.2) is 4.98 Å². The largest absolute Gasteiger partial charge is 0.388 e. The molecule has 0 radical (unpaired) electrons. The second kappa shape index (κ2) is 5.21. The zero-order valence-electron chi connectivity index (χ0n) is 9.27. The van der Waals surface area contributed by atoms with Gasteiger partial charge >= 0.3 is 0 Å². The van der Waals surface area contributed by atoms with Gasteiger partial charge < -0.3 is 9.67 Å². The van der Waals surface area contributed by atoms with E-state index < -0.39 is 6.10 Å². The molecule has 0 spiro atoms. The molecule has 2 aromatic rings. The zero-order valence-corrected chi connectivity index (χ0v) is 11.6. The first-order valence-electron chi connectivity index (χ1n) is 5.17. The van der Waals surface area contributed by atoms with Crippen LogP contribution in [-0.4, -0.2) is 14.7 Å². The maximum atomic E-state index is 10.2. The molecule has 0 saturated heterocycles. The topological polar surface area (TPSA) is 38.0 Å². The maximum Gasteiger partial charge on any atom is 0.111 e. The Morgan fingerprint density at radius 3 is 2.88 bits per heavy atom. The van der Waals surface area contributed by atoms with E-state index in [1.165, 1.54) is 0 Å². The van der Waals surface area contributed by atoms with Gasteiger partial charge in [0.25, 0.3) is 0 Å². The minimum atomic E-state index is -0.595. The average Bonchev–Trinajstić information content (AvgIpc) is 2.64. The first-order valence-corrected chi connectivity index (χ1v) is 6.34. The number of nitrogens with zero attached hydrogens (tertiary/aromatic N) is 2. The van der Waals surface area contributed by atoms with Crippen molar-refractivity contribution in [3.63, 3.8) is 0 Å². The molecule has 3 nitrogen and oxygen atoms in total.